The van der Waals surface area contributed by atoms with Crippen LogP contribution in [0.2, 0.25) is 0 Å². The Balaban J connectivity index is 1.43. The van der Waals surface area contributed by atoms with Gasteiger partial charge in [0.05, 0.1) is 5.56 Å². The Bertz CT molecular complexity index is 655. The number of amides is 2. The van der Waals surface area contributed by atoms with Crippen LogP contribution in [-0.4, -0.2) is 35.0 Å². The lowest BCUT2D eigenvalue weighted by atomic mass is 9.92. The molecule has 0 radical (unpaired) electrons. The summed E-state index contributed by atoms with van der Waals surface area (Å²) in [7, 11) is 0. The lowest BCUT2D eigenvalue weighted by molar-refractivity contribution is -0.137. The second-order valence-corrected chi connectivity index (χ2v) is 6.64. The molecule has 1 unspecified atom stereocenters. The molecule has 26 heavy (non-hydrogen) atoms. The van der Waals surface area contributed by atoms with Gasteiger partial charge < -0.3 is 15.4 Å². The van der Waals surface area contributed by atoms with Crippen molar-refractivity contribution in [2.45, 2.75) is 62.9 Å². The standard InChI is InChI=1S/C17H20F3N3O3/c18-17(19,20)10-1-8-15(21-9-10)26-12-4-2-11(3-5-12)22-16(25)13-6-7-14(24)23-13/h1,8-9,11-13H,2-7H2,(H,22,25)(H,23,24). The smallest absolute Gasteiger partial charge is 0.417 e. The van der Waals surface area contributed by atoms with Crippen molar-refractivity contribution in [1.29, 1.82) is 0 Å². The third kappa shape index (κ3) is 4.64. The van der Waals surface area contributed by atoms with Gasteiger partial charge in [0.1, 0.15) is 12.1 Å². The summed E-state index contributed by atoms with van der Waals surface area (Å²) in [6.45, 7) is 0. The van der Waals surface area contributed by atoms with Crippen LogP contribution in [0.4, 0.5) is 13.2 Å². The number of aromatic nitrogens is 1. The van der Waals surface area contributed by atoms with Crippen LogP contribution in [0.3, 0.4) is 0 Å². The lowest BCUT2D eigenvalue weighted by Crippen LogP contribution is -2.47. The monoisotopic (exact) mass is 371 g/mol. The van der Waals surface area contributed by atoms with Crippen LogP contribution >= 0.6 is 0 Å². The summed E-state index contributed by atoms with van der Waals surface area (Å²) in [5.41, 5.74) is -0.810. The second kappa shape index (κ2) is 7.51. The van der Waals surface area contributed by atoms with E-state index in [0.29, 0.717) is 38.5 Å². The predicted octanol–water partition coefficient (Wildman–Crippen LogP) is 2.19. The van der Waals surface area contributed by atoms with E-state index in [9.17, 15) is 22.8 Å². The van der Waals surface area contributed by atoms with Crippen molar-refractivity contribution in [3.8, 4) is 5.88 Å². The van der Waals surface area contributed by atoms with E-state index in [4.69, 9.17) is 4.74 Å². The second-order valence-electron chi connectivity index (χ2n) is 6.64. The molecule has 2 N–H and O–H groups in total. The van der Waals surface area contributed by atoms with Crippen molar-refractivity contribution in [1.82, 2.24) is 15.6 Å². The van der Waals surface area contributed by atoms with Crippen molar-refractivity contribution < 1.29 is 27.5 Å². The molecule has 2 amide bonds. The predicted molar refractivity (Wildman–Crippen MR) is 85.2 cm³/mol. The van der Waals surface area contributed by atoms with Gasteiger partial charge in [-0.3, -0.25) is 9.59 Å². The quantitative estimate of drug-likeness (QED) is 0.850. The molecule has 9 heteroatoms. The van der Waals surface area contributed by atoms with Crippen molar-refractivity contribution in [3.63, 3.8) is 0 Å². The Morgan fingerprint density at radius 1 is 1.19 bits per heavy atom. The molecule has 1 atom stereocenters. The molecule has 1 saturated heterocycles. The van der Waals surface area contributed by atoms with E-state index >= 15 is 0 Å². The van der Waals surface area contributed by atoms with Gasteiger partial charge in [-0.2, -0.15) is 13.2 Å². The first-order valence-corrected chi connectivity index (χ1v) is 8.61. The van der Waals surface area contributed by atoms with Crippen LogP contribution in [-0.2, 0) is 15.8 Å². The van der Waals surface area contributed by atoms with Gasteiger partial charge in [0.2, 0.25) is 17.7 Å². The maximum absolute atomic E-state index is 12.5. The van der Waals surface area contributed by atoms with Crippen LogP contribution < -0.4 is 15.4 Å². The fourth-order valence-electron chi connectivity index (χ4n) is 3.23. The van der Waals surface area contributed by atoms with Crippen LogP contribution in [0.5, 0.6) is 5.88 Å². The molecule has 2 aliphatic rings. The number of carbonyl (C=O) groups is 2. The van der Waals surface area contributed by atoms with Crippen LogP contribution in [0, 0.1) is 0 Å². The number of hydrogen-bond donors (Lipinski definition) is 2. The van der Waals surface area contributed by atoms with Gasteiger partial charge in [-0.1, -0.05) is 0 Å². The van der Waals surface area contributed by atoms with Crippen molar-refractivity contribution in [2.75, 3.05) is 0 Å². The fourth-order valence-corrected chi connectivity index (χ4v) is 3.23. The highest BCUT2D eigenvalue weighted by atomic mass is 19.4. The number of ether oxygens (including phenoxy) is 1. The first-order chi connectivity index (χ1) is 12.3. The number of pyridine rings is 1. The fraction of sp³-hybridized carbons (Fsp3) is 0.588. The summed E-state index contributed by atoms with van der Waals surface area (Å²) in [4.78, 5) is 27.0. The maximum atomic E-state index is 12.5. The molecule has 1 aliphatic carbocycles. The molecule has 1 aromatic heterocycles. The zero-order valence-corrected chi connectivity index (χ0v) is 14.0. The summed E-state index contributed by atoms with van der Waals surface area (Å²) in [6.07, 6.45) is -0.150. The molecule has 3 rings (SSSR count). The normalized spacial score (nSPS) is 26.3. The first kappa shape index (κ1) is 18.5. The van der Waals surface area contributed by atoms with Crippen molar-refractivity contribution in [2.24, 2.45) is 0 Å². The van der Waals surface area contributed by atoms with Crippen molar-refractivity contribution in [3.05, 3.63) is 23.9 Å². The van der Waals surface area contributed by atoms with E-state index in [1.165, 1.54) is 6.07 Å². The Morgan fingerprint density at radius 2 is 1.92 bits per heavy atom. The largest absolute Gasteiger partial charge is 0.474 e. The minimum absolute atomic E-state index is 0.0143. The van der Waals surface area contributed by atoms with Crippen LogP contribution in [0.1, 0.15) is 44.1 Å². The summed E-state index contributed by atoms with van der Waals surface area (Å²) < 4.78 is 43.2. The lowest BCUT2D eigenvalue weighted by Gasteiger charge is -2.29. The number of halogens is 3. The third-order valence-electron chi connectivity index (χ3n) is 4.68. The summed E-state index contributed by atoms with van der Waals surface area (Å²) in [6, 6.07) is 1.73. The number of carbonyl (C=O) groups excluding carboxylic acids is 2. The number of hydrogen-bond acceptors (Lipinski definition) is 4. The number of nitrogens with one attached hydrogen (secondary N) is 2. The highest BCUT2D eigenvalue weighted by molar-refractivity contribution is 5.90. The average molecular weight is 371 g/mol. The Kier molecular flexibility index (Phi) is 5.33. The highest BCUT2D eigenvalue weighted by Gasteiger charge is 2.32. The summed E-state index contributed by atoms with van der Waals surface area (Å²) >= 11 is 0. The number of nitrogens with zero attached hydrogens (tertiary/aromatic N) is 1. The van der Waals surface area contributed by atoms with Gasteiger partial charge in [0.15, 0.2) is 0 Å². The minimum Gasteiger partial charge on any atom is -0.474 e. The zero-order chi connectivity index (χ0) is 18.7. The zero-order valence-electron chi connectivity index (χ0n) is 14.0. The molecule has 6 nitrogen and oxygen atoms in total. The molecule has 1 aromatic rings. The first-order valence-electron chi connectivity index (χ1n) is 8.61. The van der Waals surface area contributed by atoms with E-state index in [1.54, 1.807) is 0 Å². The summed E-state index contributed by atoms with van der Waals surface area (Å²) in [5, 5.41) is 5.58. The topological polar surface area (TPSA) is 80.3 Å². The molecule has 2 fully saturated rings. The SMILES string of the molecule is O=C1CCC(C(=O)NC2CCC(Oc3ccc(C(F)(F)F)cn3)CC2)N1. The molecule has 1 aliphatic heterocycles. The van der Waals surface area contributed by atoms with Crippen LogP contribution in [0.15, 0.2) is 18.3 Å². The molecule has 1 saturated carbocycles. The van der Waals surface area contributed by atoms with Gasteiger partial charge in [-0.05, 0) is 38.2 Å². The minimum atomic E-state index is -4.42. The maximum Gasteiger partial charge on any atom is 0.417 e. The molecular formula is C17H20F3N3O3. The van der Waals surface area contributed by atoms with E-state index in [-0.39, 0.29) is 29.8 Å². The molecular weight excluding hydrogens is 351 g/mol. The Morgan fingerprint density at radius 3 is 2.46 bits per heavy atom. The highest BCUT2D eigenvalue weighted by Crippen LogP contribution is 2.30. The Hall–Kier alpha value is -2.32. The number of alkyl halides is 3. The van der Waals surface area contributed by atoms with Gasteiger partial charge in [-0.25, -0.2) is 4.98 Å². The van der Waals surface area contributed by atoms with Gasteiger partial charge in [0.25, 0.3) is 0 Å². The van der Waals surface area contributed by atoms with Gasteiger partial charge >= 0.3 is 6.18 Å². The van der Waals surface area contributed by atoms with Crippen LogP contribution in [0.25, 0.3) is 0 Å². The molecule has 0 aromatic carbocycles. The van der Waals surface area contributed by atoms with Gasteiger partial charge in [0, 0.05) is 24.7 Å². The average Bonchev–Trinajstić information content (AvgIpc) is 3.03. The molecule has 2 heterocycles. The van der Waals surface area contributed by atoms with E-state index < -0.39 is 17.8 Å². The third-order valence-corrected chi connectivity index (χ3v) is 4.68. The van der Waals surface area contributed by atoms with Gasteiger partial charge in [-0.15, -0.1) is 0 Å². The molecule has 0 spiro atoms. The Labute approximate surface area is 148 Å². The molecule has 142 valence electrons. The van der Waals surface area contributed by atoms with Crippen molar-refractivity contribution >= 4 is 11.8 Å². The summed E-state index contributed by atoms with van der Waals surface area (Å²) in [5.74, 6) is -0.102. The molecule has 0 bridgehead atoms. The van der Waals surface area contributed by atoms with E-state index in [2.05, 4.69) is 15.6 Å². The number of rotatable bonds is 4. The van der Waals surface area contributed by atoms with E-state index in [0.717, 1.165) is 12.3 Å². The van der Waals surface area contributed by atoms with E-state index in [1.807, 2.05) is 0 Å².